The van der Waals surface area contributed by atoms with Crippen LogP contribution in [0.25, 0.3) is 0 Å². The molecule has 1 unspecified atom stereocenters. The van der Waals surface area contributed by atoms with E-state index in [1.165, 1.54) is 6.07 Å². The maximum absolute atomic E-state index is 13.7. The normalized spacial score (nSPS) is 11.4. The third-order valence-electron chi connectivity index (χ3n) is 5.57. The number of anilines is 1. The summed E-state index contributed by atoms with van der Waals surface area (Å²) < 4.78 is 0. The van der Waals surface area contributed by atoms with E-state index in [-0.39, 0.29) is 11.6 Å². The molecule has 4 aromatic rings. The quantitative estimate of drug-likeness (QED) is 0.263. The summed E-state index contributed by atoms with van der Waals surface area (Å²) in [6.07, 6.45) is 0. The van der Waals surface area contributed by atoms with Gasteiger partial charge in [0.05, 0.1) is 4.92 Å². The van der Waals surface area contributed by atoms with Crippen molar-refractivity contribution in [3.05, 3.63) is 142 Å². The van der Waals surface area contributed by atoms with Crippen molar-refractivity contribution >= 4 is 17.3 Å². The van der Waals surface area contributed by atoms with Crippen molar-refractivity contribution in [1.82, 2.24) is 5.32 Å². The van der Waals surface area contributed by atoms with E-state index in [0.29, 0.717) is 18.8 Å². The van der Waals surface area contributed by atoms with Crippen LogP contribution in [0.2, 0.25) is 0 Å². The van der Waals surface area contributed by atoms with E-state index in [2.05, 4.69) is 5.32 Å². The highest BCUT2D eigenvalue weighted by atomic mass is 16.6. The predicted octanol–water partition coefficient (Wildman–Crippen LogP) is 5.66. The highest BCUT2D eigenvalue weighted by molar-refractivity contribution is 5.87. The second-order valence-corrected chi connectivity index (χ2v) is 7.88. The first-order chi connectivity index (χ1) is 16.6. The van der Waals surface area contributed by atoms with Crippen molar-refractivity contribution in [2.45, 2.75) is 19.1 Å². The number of amides is 1. The van der Waals surface area contributed by atoms with E-state index in [9.17, 15) is 14.9 Å². The summed E-state index contributed by atoms with van der Waals surface area (Å²) in [6.45, 7) is 0.684. The van der Waals surface area contributed by atoms with Gasteiger partial charge >= 0.3 is 0 Å². The topological polar surface area (TPSA) is 75.5 Å². The number of benzene rings is 4. The second-order valence-electron chi connectivity index (χ2n) is 7.88. The molecule has 4 rings (SSSR count). The zero-order chi connectivity index (χ0) is 23.8. The van der Waals surface area contributed by atoms with Crippen molar-refractivity contribution in [2.75, 3.05) is 4.90 Å². The van der Waals surface area contributed by atoms with Gasteiger partial charge in [-0.2, -0.15) is 0 Å². The molecular formula is C28H25N3O3. The standard InChI is InChI=1S/C28H25N3O3/c32-28(29-20-22-12-4-1-5-13-22)27(24-16-8-3-9-17-24)30(21-23-14-6-2-7-15-23)25-18-10-11-19-26(25)31(33)34/h1-19,27H,20-21H2,(H,29,32). The molecule has 1 N–H and O–H groups in total. The Morgan fingerprint density at radius 2 is 1.29 bits per heavy atom. The van der Waals surface area contributed by atoms with E-state index in [1.54, 1.807) is 18.2 Å². The van der Waals surface area contributed by atoms with E-state index >= 15 is 0 Å². The number of carbonyl (C=O) groups excluding carboxylic acids is 1. The maximum Gasteiger partial charge on any atom is 0.292 e. The van der Waals surface area contributed by atoms with Crippen molar-refractivity contribution < 1.29 is 9.72 Å². The lowest BCUT2D eigenvalue weighted by molar-refractivity contribution is -0.384. The van der Waals surface area contributed by atoms with Gasteiger partial charge in [-0.1, -0.05) is 103 Å². The highest BCUT2D eigenvalue weighted by Crippen LogP contribution is 2.36. The molecule has 0 saturated heterocycles. The summed E-state index contributed by atoms with van der Waals surface area (Å²) in [7, 11) is 0. The van der Waals surface area contributed by atoms with Crippen LogP contribution in [0.3, 0.4) is 0 Å². The summed E-state index contributed by atoms with van der Waals surface area (Å²) in [5, 5.41) is 14.9. The van der Waals surface area contributed by atoms with Crippen LogP contribution < -0.4 is 10.2 Å². The van der Waals surface area contributed by atoms with Crippen LogP contribution in [-0.2, 0) is 17.9 Å². The average molecular weight is 452 g/mol. The molecule has 6 nitrogen and oxygen atoms in total. The molecule has 0 aliphatic carbocycles. The number of hydrogen-bond acceptors (Lipinski definition) is 4. The van der Waals surface area contributed by atoms with Crippen LogP contribution in [0.4, 0.5) is 11.4 Å². The van der Waals surface area contributed by atoms with Crippen molar-refractivity contribution in [3.8, 4) is 0 Å². The fourth-order valence-electron chi connectivity index (χ4n) is 3.95. The first kappa shape index (κ1) is 22.7. The molecule has 34 heavy (non-hydrogen) atoms. The van der Waals surface area contributed by atoms with Gasteiger partial charge in [0.2, 0.25) is 5.91 Å². The van der Waals surface area contributed by atoms with Crippen molar-refractivity contribution in [3.63, 3.8) is 0 Å². The lowest BCUT2D eigenvalue weighted by Crippen LogP contribution is -2.40. The van der Waals surface area contributed by atoms with E-state index in [4.69, 9.17) is 0 Å². The van der Waals surface area contributed by atoms with Crippen LogP contribution in [0.5, 0.6) is 0 Å². The van der Waals surface area contributed by atoms with Crippen LogP contribution in [0, 0.1) is 10.1 Å². The van der Waals surface area contributed by atoms with Gasteiger partial charge in [0.1, 0.15) is 11.7 Å². The minimum atomic E-state index is -0.772. The van der Waals surface area contributed by atoms with E-state index < -0.39 is 11.0 Å². The maximum atomic E-state index is 13.7. The molecule has 0 bridgehead atoms. The van der Waals surface area contributed by atoms with E-state index in [0.717, 1.165) is 16.7 Å². The van der Waals surface area contributed by atoms with Gasteiger partial charge in [-0.15, -0.1) is 0 Å². The molecule has 0 aliphatic heterocycles. The Hall–Kier alpha value is -4.45. The summed E-state index contributed by atoms with van der Waals surface area (Å²) >= 11 is 0. The first-order valence-corrected chi connectivity index (χ1v) is 11.0. The zero-order valence-corrected chi connectivity index (χ0v) is 18.6. The Balaban J connectivity index is 1.77. The molecule has 170 valence electrons. The average Bonchev–Trinajstić information content (AvgIpc) is 2.89. The number of nitrogens with zero attached hydrogens (tertiary/aromatic N) is 2. The molecule has 4 aromatic carbocycles. The number of nitrogens with one attached hydrogen (secondary N) is 1. The lowest BCUT2D eigenvalue weighted by Gasteiger charge is -2.33. The fourth-order valence-corrected chi connectivity index (χ4v) is 3.95. The number of hydrogen-bond donors (Lipinski definition) is 1. The first-order valence-electron chi connectivity index (χ1n) is 11.0. The third kappa shape index (κ3) is 5.48. The Morgan fingerprint density at radius 3 is 1.91 bits per heavy atom. The largest absolute Gasteiger partial charge is 0.350 e. The third-order valence-corrected chi connectivity index (χ3v) is 5.57. The number of nitro groups is 1. The molecular weight excluding hydrogens is 426 g/mol. The number of nitro benzene ring substituents is 1. The van der Waals surface area contributed by atoms with Crippen LogP contribution in [0.15, 0.2) is 115 Å². The van der Waals surface area contributed by atoms with Crippen LogP contribution >= 0.6 is 0 Å². The van der Waals surface area contributed by atoms with Gasteiger partial charge in [0.15, 0.2) is 0 Å². The molecule has 0 fully saturated rings. The van der Waals surface area contributed by atoms with Crippen LogP contribution in [-0.4, -0.2) is 10.8 Å². The van der Waals surface area contributed by atoms with Gasteiger partial charge < -0.3 is 10.2 Å². The predicted molar refractivity (Wildman–Crippen MR) is 133 cm³/mol. The molecule has 0 heterocycles. The number of rotatable bonds is 9. The molecule has 0 radical (unpaired) electrons. The molecule has 6 heteroatoms. The minimum absolute atomic E-state index is 0.0461. The lowest BCUT2D eigenvalue weighted by atomic mass is 10.0. The Bertz CT molecular complexity index is 1230. The highest BCUT2D eigenvalue weighted by Gasteiger charge is 2.32. The Kier molecular flexibility index (Phi) is 7.30. The monoisotopic (exact) mass is 451 g/mol. The van der Waals surface area contributed by atoms with Crippen molar-refractivity contribution in [2.24, 2.45) is 0 Å². The number of carbonyl (C=O) groups is 1. The Labute approximate surface area is 198 Å². The van der Waals surface area contributed by atoms with Crippen LogP contribution in [0.1, 0.15) is 22.7 Å². The molecule has 0 aromatic heterocycles. The fraction of sp³-hybridized carbons (Fsp3) is 0.107. The molecule has 1 amide bonds. The van der Waals surface area contributed by atoms with Gasteiger partial charge in [-0.05, 0) is 22.8 Å². The summed E-state index contributed by atoms with van der Waals surface area (Å²) in [6, 6.07) is 34.5. The van der Waals surface area contributed by atoms with Gasteiger partial charge in [-0.3, -0.25) is 14.9 Å². The molecule has 0 saturated carbocycles. The molecule has 0 spiro atoms. The van der Waals surface area contributed by atoms with Crippen molar-refractivity contribution in [1.29, 1.82) is 0 Å². The van der Waals surface area contributed by atoms with Gasteiger partial charge in [-0.25, -0.2) is 0 Å². The minimum Gasteiger partial charge on any atom is -0.350 e. The van der Waals surface area contributed by atoms with E-state index in [1.807, 2.05) is 95.9 Å². The van der Waals surface area contributed by atoms with Gasteiger partial charge in [0, 0.05) is 19.2 Å². The molecule has 1 atom stereocenters. The summed E-state index contributed by atoms with van der Waals surface area (Å²) in [4.78, 5) is 27.0. The Morgan fingerprint density at radius 1 is 0.765 bits per heavy atom. The zero-order valence-electron chi connectivity index (χ0n) is 18.6. The summed E-state index contributed by atoms with van der Waals surface area (Å²) in [5.41, 5.74) is 3.01. The summed E-state index contributed by atoms with van der Waals surface area (Å²) in [5.74, 6) is -0.232. The SMILES string of the molecule is O=C(NCc1ccccc1)C(c1ccccc1)N(Cc1ccccc1)c1ccccc1[N+](=O)[O-]. The van der Waals surface area contributed by atoms with Gasteiger partial charge in [0.25, 0.3) is 5.69 Å². The molecule has 0 aliphatic rings. The second kappa shape index (κ2) is 10.9. The smallest absolute Gasteiger partial charge is 0.292 e. The number of para-hydroxylation sites is 2.